The lowest BCUT2D eigenvalue weighted by molar-refractivity contribution is -0.142. The summed E-state index contributed by atoms with van der Waals surface area (Å²) >= 11 is 0. The van der Waals surface area contributed by atoms with Crippen LogP contribution >= 0.6 is 0 Å². The number of methoxy groups -OCH3 is 1. The highest BCUT2D eigenvalue weighted by Gasteiger charge is 2.29. The average Bonchev–Trinajstić information content (AvgIpc) is 2.34. The Hall–Kier alpha value is -0.640. The predicted octanol–water partition coefficient (Wildman–Crippen LogP) is -0.141. The van der Waals surface area contributed by atoms with Crippen molar-refractivity contribution in [3.8, 4) is 0 Å². The van der Waals surface area contributed by atoms with Gasteiger partial charge in [0.15, 0.2) is 0 Å². The molecule has 1 N–H and O–H groups in total. The molecule has 10 heavy (non-hydrogen) atoms. The zero-order chi connectivity index (χ0) is 7.56. The van der Waals surface area contributed by atoms with E-state index in [1.807, 2.05) is 0 Å². The Morgan fingerprint density at radius 1 is 1.80 bits per heavy atom. The first kappa shape index (κ1) is 7.47. The maximum atomic E-state index is 12.4. The maximum Gasteiger partial charge on any atom is 0.322 e. The SMILES string of the molecule is COC(=O)[C@@H]1C[C@@H](F)CN1. The summed E-state index contributed by atoms with van der Waals surface area (Å²) in [7, 11) is 1.30. The molecule has 1 aliphatic rings. The van der Waals surface area contributed by atoms with Crippen molar-refractivity contribution < 1.29 is 13.9 Å². The van der Waals surface area contributed by atoms with Crippen molar-refractivity contribution in [2.45, 2.75) is 18.6 Å². The molecule has 0 aromatic heterocycles. The summed E-state index contributed by atoms with van der Waals surface area (Å²) in [6.45, 7) is 0.264. The number of rotatable bonds is 1. The average molecular weight is 147 g/mol. The molecule has 0 saturated carbocycles. The molecule has 1 saturated heterocycles. The minimum atomic E-state index is -0.899. The van der Waals surface area contributed by atoms with Crippen LogP contribution in [0.5, 0.6) is 0 Å². The summed E-state index contributed by atoms with van der Waals surface area (Å²) in [5.74, 6) is -0.375. The number of ether oxygens (including phenoxy) is 1. The van der Waals surface area contributed by atoms with E-state index in [4.69, 9.17) is 0 Å². The van der Waals surface area contributed by atoms with Crippen molar-refractivity contribution in [3.05, 3.63) is 0 Å². The van der Waals surface area contributed by atoms with Gasteiger partial charge in [0.1, 0.15) is 12.2 Å². The minimum absolute atomic E-state index is 0.243. The van der Waals surface area contributed by atoms with Gasteiger partial charge in [-0.3, -0.25) is 4.79 Å². The molecule has 58 valence electrons. The van der Waals surface area contributed by atoms with Gasteiger partial charge < -0.3 is 10.1 Å². The van der Waals surface area contributed by atoms with Gasteiger partial charge in [-0.1, -0.05) is 0 Å². The van der Waals surface area contributed by atoms with Crippen LogP contribution in [0, 0.1) is 0 Å². The maximum absolute atomic E-state index is 12.4. The molecule has 1 aliphatic heterocycles. The zero-order valence-corrected chi connectivity index (χ0v) is 5.76. The molecule has 0 aromatic rings. The lowest BCUT2D eigenvalue weighted by Gasteiger charge is -2.04. The normalized spacial score (nSPS) is 32.2. The van der Waals surface area contributed by atoms with Crippen molar-refractivity contribution >= 4 is 5.97 Å². The van der Waals surface area contributed by atoms with E-state index < -0.39 is 12.2 Å². The van der Waals surface area contributed by atoms with Crippen LogP contribution in [0.25, 0.3) is 0 Å². The molecule has 1 rings (SSSR count). The van der Waals surface area contributed by atoms with Gasteiger partial charge >= 0.3 is 5.97 Å². The number of hydrogen-bond donors (Lipinski definition) is 1. The summed E-state index contributed by atoms with van der Waals surface area (Å²) in [6, 6.07) is -0.431. The molecule has 0 aromatic carbocycles. The van der Waals surface area contributed by atoms with Gasteiger partial charge in [0.25, 0.3) is 0 Å². The number of esters is 1. The number of halogens is 1. The first-order valence-electron chi connectivity index (χ1n) is 3.19. The molecular weight excluding hydrogens is 137 g/mol. The first-order chi connectivity index (χ1) is 4.74. The van der Waals surface area contributed by atoms with Crippen LogP contribution in [-0.4, -0.2) is 31.8 Å². The Kier molecular flexibility index (Phi) is 2.21. The summed E-state index contributed by atoms with van der Waals surface area (Å²) in [5, 5.41) is 2.71. The van der Waals surface area contributed by atoms with Gasteiger partial charge in [-0.25, -0.2) is 4.39 Å². The lowest BCUT2D eigenvalue weighted by atomic mass is 10.2. The quantitative estimate of drug-likeness (QED) is 0.524. The largest absolute Gasteiger partial charge is 0.468 e. The smallest absolute Gasteiger partial charge is 0.322 e. The monoisotopic (exact) mass is 147 g/mol. The number of alkyl halides is 1. The number of carbonyl (C=O) groups is 1. The molecule has 0 bridgehead atoms. The third-order valence-corrected chi connectivity index (χ3v) is 1.56. The van der Waals surface area contributed by atoms with Crippen LogP contribution < -0.4 is 5.32 Å². The van der Waals surface area contributed by atoms with E-state index in [0.29, 0.717) is 0 Å². The van der Waals surface area contributed by atoms with Crippen LogP contribution in [0.15, 0.2) is 0 Å². The Bertz CT molecular complexity index is 140. The highest BCUT2D eigenvalue weighted by molar-refractivity contribution is 5.76. The van der Waals surface area contributed by atoms with E-state index in [-0.39, 0.29) is 18.9 Å². The third kappa shape index (κ3) is 1.44. The lowest BCUT2D eigenvalue weighted by Crippen LogP contribution is -2.31. The van der Waals surface area contributed by atoms with E-state index >= 15 is 0 Å². The number of carbonyl (C=O) groups excluding carboxylic acids is 1. The summed E-state index contributed by atoms with van der Waals surface area (Å²) in [5.41, 5.74) is 0. The van der Waals surface area contributed by atoms with E-state index in [0.717, 1.165) is 0 Å². The first-order valence-corrected chi connectivity index (χ1v) is 3.19. The summed E-state index contributed by atoms with van der Waals surface area (Å²) < 4.78 is 16.8. The molecule has 2 atom stereocenters. The highest BCUT2D eigenvalue weighted by Crippen LogP contribution is 2.10. The van der Waals surface area contributed by atoms with Crippen LogP contribution in [0.3, 0.4) is 0 Å². The zero-order valence-electron chi connectivity index (χ0n) is 5.76. The molecule has 4 heteroatoms. The van der Waals surface area contributed by atoms with E-state index in [1.54, 1.807) is 0 Å². The van der Waals surface area contributed by atoms with Crippen LogP contribution in [0.1, 0.15) is 6.42 Å². The van der Waals surface area contributed by atoms with E-state index in [9.17, 15) is 9.18 Å². The van der Waals surface area contributed by atoms with Crippen molar-refractivity contribution in [2.24, 2.45) is 0 Å². The predicted molar refractivity (Wildman–Crippen MR) is 33.3 cm³/mol. The van der Waals surface area contributed by atoms with Crippen LogP contribution in [0.4, 0.5) is 4.39 Å². The molecule has 1 fully saturated rings. The van der Waals surface area contributed by atoms with Crippen molar-refractivity contribution in [1.29, 1.82) is 0 Å². The van der Waals surface area contributed by atoms with E-state index in [1.165, 1.54) is 7.11 Å². The van der Waals surface area contributed by atoms with Crippen LogP contribution in [0.2, 0.25) is 0 Å². The molecule has 0 amide bonds. The van der Waals surface area contributed by atoms with Gasteiger partial charge in [0.05, 0.1) is 7.11 Å². The number of nitrogens with one attached hydrogen (secondary N) is 1. The van der Waals surface area contributed by atoms with Gasteiger partial charge in [-0.05, 0) is 0 Å². The third-order valence-electron chi connectivity index (χ3n) is 1.56. The fourth-order valence-corrected chi connectivity index (χ4v) is 1.01. The van der Waals surface area contributed by atoms with Crippen molar-refractivity contribution in [1.82, 2.24) is 5.32 Å². The second-order valence-corrected chi connectivity index (χ2v) is 2.32. The van der Waals surface area contributed by atoms with Gasteiger partial charge in [0, 0.05) is 13.0 Å². The molecule has 0 unspecified atom stereocenters. The molecule has 0 spiro atoms. The molecular formula is C6H10FNO2. The van der Waals surface area contributed by atoms with E-state index in [2.05, 4.69) is 10.1 Å². The second kappa shape index (κ2) is 2.96. The summed E-state index contributed by atoms with van der Waals surface area (Å²) in [4.78, 5) is 10.7. The minimum Gasteiger partial charge on any atom is -0.468 e. The fourth-order valence-electron chi connectivity index (χ4n) is 1.01. The Balaban J connectivity index is 2.37. The van der Waals surface area contributed by atoms with Crippen LogP contribution in [-0.2, 0) is 9.53 Å². The summed E-state index contributed by atoms with van der Waals surface area (Å²) in [6.07, 6.45) is -0.656. The Morgan fingerprint density at radius 2 is 2.50 bits per heavy atom. The Morgan fingerprint density at radius 3 is 2.90 bits per heavy atom. The molecule has 3 nitrogen and oxygen atoms in total. The number of hydrogen-bond acceptors (Lipinski definition) is 3. The van der Waals surface area contributed by atoms with Crippen molar-refractivity contribution in [3.63, 3.8) is 0 Å². The molecule has 1 heterocycles. The molecule has 0 radical (unpaired) electrons. The second-order valence-electron chi connectivity index (χ2n) is 2.32. The fraction of sp³-hybridized carbons (Fsp3) is 0.833. The van der Waals surface area contributed by atoms with Gasteiger partial charge in [0.2, 0.25) is 0 Å². The van der Waals surface area contributed by atoms with Gasteiger partial charge in [-0.2, -0.15) is 0 Å². The Labute approximate surface area is 58.5 Å². The highest BCUT2D eigenvalue weighted by atomic mass is 19.1. The molecule has 0 aliphatic carbocycles. The van der Waals surface area contributed by atoms with Crippen molar-refractivity contribution in [2.75, 3.05) is 13.7 Å². The van der Waals surface area contributed by atoms with Gasteiger partial charge in [-0.15, -0.1) is 0 Å². The standard InChI is InChI=1S/C6H10FNO2/c1-10-6(9)5-2-4(7)3-8-5/h4-5,8H,2-3H2,1H3/t4-,5+/m1/s1. The topological polar surface area (TPSA) is 38.3 Å².